The second-order valence-corrected chi connectivity index (χ2v) is 6.71. The molecule has 0 unspecified atom stereocenters. The van der Waals surface area contributed by atoms with Gasteiger partial charge in [0, 0.05) is 28.6 Å². The number of rotatable bonds is 6. The number of aromatic nitrogens is 1. The third kappa shape index (κ3) is 4.58. The van der Waals surface area contributed by atoms with Crippen molar-refractivity contribution in [2.45, 2.75) is 26.8 Å². The molecule has 0 aliphatic carbocycles. The standard InChI is InChI=1S/C23H24N2O2/c1-3-13-25(14-7-10-18-8-5-4-6-9-18)16-20-19-15-17(2)11-12-21(19)24-22(20)23(26)27/h4-6,8-9,11-12,15,24H,3,13-14,16H2,1-2H3,(H,26,27). The fourth-order valence-corrected chi connectivity index (χ4v) is 3.24. The maximum Gasteiger partial charge on any atom is 0.352 e. The second-order valence-electron chi connectivity index (χ2n) is 6.71. The van der Waals surface area contributed by atoms with E-state index >= 15 is 0 Å². The van der Waals surface area contributed by atoms with E-state index in [1.807, 2.05) is 55.5 Å². The van der Waals surface area contributed by atoms with E-state index in [1.165, 1.54) is 0 Å². The molecule has 0 atom stereocenters. The van der Waals surface area contributed by atoms with Crippen LogP contribution in [0.2, 0.25) is 0 Å². The van der Waals surface area contributed by atoms with Gasteiger partial charge in [-0.15, -0.1) is 0 Å². The summed E-state index contributed by atoms with van der Waals surface area (Å²) in [5.41, 5.74) is 4.07. The van der Waals surface area contributed by atoms with E-state index in [0.717, 1.165) is 40.6 Å². The summed E-state index contributed by atoms with van der Waals surface area (Å²) in [6.07, 6.45) is 0.983. The Hall–Kier alpha value is -3.03. The van der Waals surface area contributed by atoms with Crippen molar-refractivity contribution in [2.75, 3.05) is 13.1 Å². The third-order valence-electron chi connectivity index (χ3n) is 4.51. The van der Waals surface area contributed by atoms with Crippen molar-refractivity contribution in [1.82, 2.24) is 9.88 Å². The number of fused-ring (bicyclic) bond motifs is 1. The molecule has 0 aliphatic rings. The summed E-state index contributed by atoms with van der Waals surface area (Å²) in [5.74, 6) is 5.48. The Labute approximate surface area is 159 Å². The average Bonchev–Trinajstić information content (AvgIpc) is 3.01. The molecule has 138 valence electrons. The Morgan fingerprint density at radius 2 is 1.96 bits per heavy atom. The number of aromatic carboxylic acids is 1. The lowest BCUT2D eigenvalue weighted by atomic mass is 10.1. The summed E-state index contributed by atoms with van der Waals surface area (Å²) >= 11 is 0. The first kappa shape index (κ1) is 18.8. The van der Waals surface area contributed by atoms with Gasteiger partial charge in [0.05, 0.1) is 6.54 Å². The largest absolute Gasteiger partial charge is 0.477 e. The lowest BCUT2D eigenvalue weighted by molar-refractivity contribution is 0.0689. The van der Waals surface area contributed by atoms with Crippen molar-refractivity contribution in [1.29, 1.82) is 0 Å². The molecule has 0 fully saturated rings. The summed E-state index contributed by atoms with van der Waals surface area (Å²) in [4.78, 5) is 17.0. The van der Waals surface area contributed by atoms with E-state index in [4.69, 9.17) is 0 Å². The van der Waals surface area contributed by atoms with Gasteiger partial charge in [-0.2, -0.15) is 0 Å². The maximum atomic E-state index is 11.7. The average molecular weight is 360 g/mol. The van der Waals surface area contributed by atoms with Gasteiger partial charge in [-0.1, -0.05) is 48.6 Å². The van der Waals surface area contributed by atoms with E-state index in [1.54, 1.807) is 0 Å². The van der Waals surface area contributed by atoms with E-state index in [2.05, 4.69) is 28.6 Å². The highest BCUT2D eigenvalue weighted by Crippen LogP contribution is 2.25. The highest BCUT2D eigenvalue weighted by Gasteiger charge is 2.19. The van der Waals surface area contributed by atoms with Crippen LogP contribution in [0, 0.1) is 18.8 Å². The molecule has 4 nitrogen and oxygen atoms in total. The Morgan fingerprint density at radius 3 is 2.67 bits per heavy atom. The highest BCUT2D eigenvalue weighted by atomic mass is 16.4. The van der Waals surface area contributed by atoms with E-state index < -0.39 is 5.97 Å². The van der Waals surface area contributed by atoms with Crippen molar-refractivity contribution in [3.8, 4) is 11.8 Å². The molecule has 2 N–H and O–H groups in total. The summed E-state index contributed by atoms with van der Waals surface area (Å²) in [6.45, 7) is 6.16. The number of hydrogen-bond acceptors (Lipinski definition) is 2. The molecular weight excluding hydrogens is 336 g/mol. The van der Waals surface area contributed by atoms with Gasteiger partial charge < -0.3 is 10.1 Å². The molecule has 0 saturated carbocycles. The van der Waals surface area contributed by atoms with Gasteiger partial charge in [-0.3, -0.25) is 4.90 Å². The number of H-pyrrole nitrogens is 1. The van der Waals surface area contributed by atoms with Gasteiger partial charge in [0.1, 0.15) is 5.69 Å². The van der Waals surface area contributed by atoms with Crippen LogP contribution in [-0.4, -0.2) is 34.0 Å². The molecule has 1 aromatic heterocycles. The van der Waals surface area contributed by atoms with Crippen molar-refractivity contribution in [2.24, 2.45) is 0 Å². The Kier molecular flexibility index (Phi) is 5.95. The van der Waals surface area contributed by atoms with Crippen molar-refractivity contribution < 1.29 is 9.90 Å². The first-order chi connectivity index (χ1) is 13.1. The first-order valence-corrected chi connectivity index (χ1v) is 9.19. The SMILES string of the molecule is CCCN(CC#Cc1ccccc1)Cc1c(C(=O)O)[nH]c2ccc(C)cc12. The fourth-order valence-electron chi connectivity index (χ4n) is 3.24. The van der Waals surface area contributed by atoms with Crippen molar-refractivity contribution in [3.05, 3.63) is 70.9 Å². The predicted octanol–water partition coefficient (Wildman–Crippen LogP) is 4.44. The van der Waals surface area contributed by atoms with Crippen LogP contribution in [0.5, 0.6) is 0 Å². The molecular formula is C23H24N2O2. The summed E-state index contributed by atoms with van der Waals surface area (Å²) in [6, 6.07) is 15.9. The molecule has 3 aromatic rings. The van der Waals surface area contributed by atoms with E-state index in [-0.39, 0.29) is 5.69 Å². The fraction of sp³-hybridized carbons (Fsp3) is 0.261. The van der Waals surface area contributed by atoms with Crippen LogP contribution in [-0.2, 0) is 6.54 Å². The molecule has 0 aliphatic heterocycles. The van der Waals surface area contributed by atoms with Gasteiger partial charge in [0.2, 0.25) is 0 Å². The minimum Gasteiger partial charge on any atom is -0.477 e. The minimum absolute atomic E-state index is 0.271. The summed E-state index contributed by atoms with van der Waals surface area (Å²) in [5, 5.41) is 10.6. The second kappa shape index (κ2) is 8.57. The molecule has 0 bridgehead atoms. The smallest absolute Gasteiger partial charge is 0.352 e. The zero-order chi connectivity index (χ0) is 19.2. The van der Waals surface area contributed by atoms with Crippen molar-refractivity contribution >= 4 is 16.9 Å². The topological polar surface area (TPSA) is 56.3 Å². The Bertz CT molecular complexity index is 994. The maximum absolute atomic E-state index is 11.7. The molecule has 0 radical (unpaired) electrons. The number of aromatic amines is 1. The molecule has 1 heterocycles. The van der Waals surface area contributed by atoms with Crippen LogP contribution in [0.15, 0.2) is 48.5 Å². The van der Waals surface area contributed by atoms with Gasteiger partial charge in [0.25, 0.3) is 0 Å². The molecule has 0 saturated heterocycles. The zero-order valence-corrected chi connectivity index (χ0v) is 15.7. The van der Waals surface area contributed by atoms with Crippen LogP contribution in [0.1, 0.15) is 40.5 Å². The van der Waals surface area contributed by atoms with E-state index in [0.29, 0.717) is 13.1 Å². The van der Waals surface area contributed by atoms with Crippen LogP contribution >= 0.6 is 0 Å². The molecule has 0 amide bonds. The quantitative estimate of drug-likeness (QED) is 0.639. The number of carboxylic acid groups (broad SMARTS) is 1. The first-order valence-electron chi connectivity index (χ1n) is 9.19. The van der Waals surface area contributed by atoms with E-state index in [9.17, 15) is 9.90 Å². The lowest BCUT2D eigenvalue weighted by Crippen LogP contribution is -2.25. The molecule has 0 spiro atoms. The van der Waals surface area contributed by atoms with Gasteiger partial charge in [0.15, 0.2) is 0 Å². The number of nitrogens with zero attached hydrogens (tertiary/aromatic N) is 1. The summed E-state index contributed by atoms with van der Waals surface area (Å²) in [7, 11) is 0. The molecule has 3 rings (SSSR count). The third-order valence-corrected chi connectivity index (χ3v) is 4.51. The minimum atomic E-state index is -0.925. The molecule has 2 aromatic carbocycles. The number of aryl methyl sites for hydroxylation is 1. The van der Waals surface area contributed by atoms with Gasteiger partial charge in [-0.05, 0) is 44.2 Å². The van der Waals surface area contributed by atoms with Crippen LogP contribution in [0.4, 0.5) is 0 Å². The number of carboxylic acids is 1. The van der Waals surface area contributed by atoms with Crippen molar-refractivity contribution in [3.63, 3.8) is 0 Å². The molecule has 4 heteroatoms. The highest BCUT2D eigenvalue weighted by molar-refractivity contribution is 5.97. The number of hydrogen-bond donors (Lipinski definition) is 2. The predicted molar refractivity (Wildman–Crippen MR) is 109 cm³/mol. The number of carbonyl (C=O) groups is 1. The monoisotopic (exact) mass is 360 g/mol. The molecule has 27 heavy (non-hydrogen) atoms. The normalized spacial score (nSPS) is 10.8. The van der Waals surface area contributed by atoms with Gasteiger partial charge in [-0.25, -0.2) is 4.79 Å². The lowest BCUT2D eigenvalue weighted by Gasteiger charge is -2.19. The Balaban J connectivity index is 1.88. The summed E-state index contributed by atoms with van der Waals surface area (Å²) < 4.78 is 0. The van der Waals surface area contributed by atoms with Crippen LogP contribution in [0.25, 0.3) is 10.9 Å². The number of benzene rings is 2. The number of nitrogens with one attached hydrogen (secondary N) is 1. The Morgan fingerprint density at radius 1 is 1.19 bits per heavy atom. The van der Waals surface area contributed by atoms with Crippen LogP contribution < -0.4 is 0 Å². The zero-order valence-electron chi connectivity index (χ0n) is 15.7. The van der Waals surface area contributed by atoms with Crippen LogP contribution in [0.3, 0.4) is 0 Å². The van der Waals surface area contributed by atoms with Gasteiger partial charge >= 0.3 is 5.97 Å².